The van der Waals surface area contributed by atoms with Crippen LogP contribution in [0.5, 0.6) is 0 Å². The van der Waals surface area contributed by atoms with Gasteiger partial charge in [0.25, 0.3) is 0 Å². The van der Waals surface area contributed by atoms with Gasteiger partial charge in [0.1, 0.15) is 18.0 Å². The van der Waals surface area contributed by atoms with Crippen molar-refractivity contribution in [2.45, 2.75) is 19.8 Å². The summed E-state index contributed by atoms with van der Waals surface area (Å²) in [5.41, 5.74) is 0. The molecule has 0 bridgehead atoms. The average Bonchev–Trinajstić information content (AvgIpc) is 2.63. The van der Waals surface area contributed by atoms with Gasteiger partial charge in [0.05, 0.1) is 6.54 Å². The summed E-state index contributed by atoms with van der Waals surface area (Å²) in [5.74, 6) is 2.93. The van der Waals surface area contributed by atoms with Crippen LogP contribution in [0.15, 0.2) is 12.4 Å². The van der Waals surface area contributed by atoms with Crippen LogP contribution in [0, 0.1) is 5.92 Å². The first kappa shape index (κ1) is 17.9. The molecule has 0 saturated carbocycles. The van der Waals surface area contributed by atoms with E-state index in [0.717, 1.165) is 69.7 Å². The number of rotatable bonds is 4. The third-order valence-electron chi connectivity index (χ3n) is 5.29. The van der Waals surface area contributed by atoms with Crippen molar-refractivity contribution in [1.82, 2.24) is 19.8 Å². The van der Waals surface area contributed by atoms with Crippen molar-refractivity contribution < 1.29 is 4.79 Å². The zero-order valence-corrected chi connectivity index (χ0v) is 15.7. The Bertz CT molecular complexity index is 577. The Kier molecular flexibility index (Phi) is 5.73. The number of amides is 1. The largest absolute Gasteiger partial charge is 0.363 e. The summed E-state index contributed by atoms with van der Waals surface area (Å²) < 4.78 is 0. The lowest BCUT2D eigenvalue weighted by Crippen LogP contribution is -2.51. The number of nitrogens with zero attached hydrogens (tertiary/aromatic N) is 6. The van der Waals surface area contributed by atoms with Crippen LogP contribution in [0.4, 0.5) is 11.6 Å². The second kappa shape index (κ2) is 7.99. The molecule has 2 fully saturated rings. The van der Waals surface area contributed by atoms with E-state index in [2.05, 4.69) is 26.7 Å². The third-order valence-corrected chi connectivity index (χ3v) is 5.29. The highest BCUT2D eigenvalue weighted by atomic mass is 16.2. The molecule has 3 heterocycles. The minimum absolute atomic E-state index is 0.289. The van der Waals surface area contributed by atoms with Crippen LogP contribution in [-0.2, 0) is 4.79 Å². The fourth-order valence-electron chi connectivity index (χ4n) is 3.44. The molecule has 0 radical (unpaired) electrons. The number of piperazine rings is 1. The smallest absolute Gasteiger partial charge is 0.236 e. The van der Waals surface area contributed by atoms with Crippen molar-refractivity contribution in [2.75, 3.05) is 69.7 Å². The van der Waals surface area contributed by atoms with E-state index < -0.39 is 0 Å². The summed E-state index contributed by atoms with van der Waals surface area (Å²) in [6, 6.07) is 2.02. The fraction of sp³-hybridized carbons (Fsp3) is 0.722. The molecule has 3 rings (SSSR count). The maximum atomic E-state index is 12.5. The van der Waals surface area contributed by atoms with Crippen LogP contribution < -0.4 is 9.80 Å². The van der Waals surface area contributed by atoms with Crippen molar-refractivity contribution in [2.24, 2.45) is 5.92 Å². The monoisotopic (exact) mass is 346 g/mol. The molecule has 2 aliphatic rings. The summed E-state index contributed by atoms with van der Waals surface area (Å²) in [6.45, 7) is 8.27. The van der Waals surface area contributed by atoms with Gasteiger partial charge in [-0.1, -0.05) is 6.92 Å². The Balaban J connectivity index is 1.48. The van der Waals surface area contributed by atoms with Crippen LogP contribution in [-0.4, -0.2) is 85.6 Å². The standard InChI is InChI=1S/C18H30N6O/c1-15-4-6-24(7-5-15)18(25)13-22-8-10-23(11-9-22)17-12-16(21(2)3)19-14-20-17/h12,14-15H,4-11,13H2,1-3H3. The second-order valence-electron chi connectivity index (χ2n) is 7.46. The van der Waals surface area contributed by atoms with Gasteiger partial charge in [0.2, 0.25) is 5.91 Å². The summed E-state index contributed by atoms with van der Waals surface area (Å²) >= 11 is 0. The Morgan fingerprint density at radius 1 is 1.12 bits per heavy atom. The number of likely N-dealkylation sites (tertiary alicyclic amines) is 1. The van der Waals surface area contributed by atoms with Gasteiger partial charge in [-0.2, -0.15) is 0 Å². The molecule has 7 heteroatoms. The molecule has 2 saturated heterocycles. The molecule has 138 valence electrons. The van der Waals surface area contributed by atoms with Crippen molar-refractivity contribution in [3.05, 3.63) is 12.4 Å². The van der Waals surface area contributed by atoms with Gasteiger partial charge in [0.15, 0.2) is 0 Å². The summed E-state index contributed by atoms with van der Waals surface area (Å²) in [6.07, 6.45) is 3.90. The van der Waals surface area contributed by atoms with E-state index in [0.29, 0.717) is 6.54 Å². The summed E-state index contributed by atoms with van der Waals surface area (Å²) in [4.78, 5) is 29.7. The van der Waals surface area contributed by atoms with Gasteiger partial charge in [0, 0.05) is 59.4 Å². The maximum absolute atomic E-state index is 12.5. The molecule has 7 nitrogen and oxygen atoms in total. The molecule has 0 aliphatic carbocycles. The average molecular weight is 346 g/mol. The molecular weight excluding hydrogens is 316 g/mol. The van der Waals surface area contributed by atoms with Crippen molar-refractivity contribution in [3.8, 4) is 0 Å². The van der Waals surface area contributed by atoms with Gasteiger partial charge < -0.3 is 14.7 Å². The predicted molar refractivity (Wildman–Crippen MR) is 100.0 cm³/mol. The number of aromatic nitrogens is 2. The minimum Gasteiger partial charge on any atom is -0.363 e. The van der Waals surface area contributed by atoms with E-state index in [4.69, 9.17) is 0 Å². The van der Waals surface area contributed by atoms with Gasteiger partial charge >= 0.3 is 0 Å². The first-order valence-electron chi connectivity index (χ1n) is 9.27. The van der Waals surface area contributed by atoms with Crippen LogP contribution in [0.3, 0.4) is 0 Å². The molecule has 0 spiro atoms. The molecule has 0 unspecified atom stereocenters. The highest BCUT2D eigenvalue weighted by Gasteiger charge is 2.24. The maximum Gasteiger partial charge on any atom is 0.236 e. The molecule has 0 N–H and O–H groups in total. The molecular formula is C18H30N6O. The lowest BCUT2D eigenvalue weighted by molar-refractivity contribution is -0.133. The lowest BCUT2D eigenvalue weighted by Gasteiger charge is -2.37. The van der Waals surface area contributed by atoms with E-state index in [-0.39, 0.29) is 5.91 Å². The van der Waals surface area contributed by atoms with Crippen molar-refractivity contribution in [3.63, 3.8) is 0 Å². The molecule has 2 aliphatic heterocycles. The fourth-order valence-corrected chi connectivity index (χ4v) is 3.44. The van der Waals surface area contributed by atoms with Crippen LogP contribution >= 0.6 is 0 Å². The number of piperidine rings is 1. The minimum atomic E-state index is 0.289. The first-order valence-corrected chi connectivity index (χ1v) is 9.27. The Labute approximate surface area is 150 Å². The normalized spacial score (nSPS) is 20.0. The van der Waals surface area contributed by atoms with Gasteiger partial charge in [-0.25, -0.2) is 9.97 Å². The van der Waals surface area contributed by atoms with Crippen molar-refractivity contribution >= 4 is 17.5 Å². The number of hydrogen-bond acceptors (Lipinski definition) is 6. The van der Waals surface area contributed by atoms with Gasteiger partial charge in [-0.3, -0.25) is 9.69 Å². The molecule has 1 aromatic heterocycles. The number of carbonyl (C=O) groups is 1. The number of hydrogen-bond donors (Lipinski definition) is 0. The Hall–Kier alpha value is -1.89. The van der Waals surface area contributed by atoms with Crippen LogP contribution in [0.1, 0.15) is 19.8 Å². The molecule has 0 atom stereocenters. The number of carbonyl (C=O) groups excluding carboxylic acids is 1. The highest BCUT2D eigenvalue weighted by Crippen LogP contribution is 2.19. The topological polar surface area (TPSA) is 55.8 Å². The molecule has 1 amide bonds. The highest BCUT2D eigenvalue weighted by molar-refractivity contribution is 5.78. The van der Waals surface area contributed by atoms with E-state index in [1.54, 1.807) is 6.33 Å². The lowest BCUT2D eigenvalue weighted by atomic mass is 9.99. The zero-order chi connectivity index (χ0) is 17.8. The van der Waals surface area contributed by atoms with Crippen LogP contribution in [0.25, 0.3) is 0 Å². The van der Waals surface area contributed by atoms with Gasteiger partial charge in [-0.05, 0) is 18.8 Å². The quantitative estimate of drug-likeness (QED) is 0.808. The van der Waals surface area contributed by atoms with Crippen LogP contribution in [0.2, 0.25) is 0 Å². The van der Waals surface area contributed by atoms with E-state index in [1.807, 2.05) is 30.0 Å². The number of anilines is 2. The predicted octanol–water partition coefficient (Wildman–Crippen LogP) is 0.923. The van der Waals surface area contributed by atoms with E-state index >= 15 is 0 Å². The van der Waals surface area contributed by atoms with Crippen molar-refractivity contribution in [1.29, 1.82) is 0 Å². The summed E-state index contributed by atoms with van der Waals surface area (Å²) in [5, 5.41) is 0. The third kappa shape index (κ3) is 4.60. The second-order valence-corrected chi connectivity index (χ2v) is 7.46. The Morgan fingerprint density at radius 3 is 2.44 bits per heavy atom. The summed E-state index contributed by atoms with van der Waals surface area (Å²) in [7, 11) is 3.97. The zero-order valence-electron chi connectivity index (χ0n) is 15.7. The first-order chi connectivity index (χ1) is 12.0. The Morgan fingerprint density at radius 2 is 1.80 bits per heavy atom. The van der Waals surface area contributed by atoms with E-state index in [9.17, 15) is 4.79 Å². The van der Waals surface area contributed by atoms with Gasteiger partial charge in [-0.15, -0.1) is 0 Å². The molecule has 25 heavy (non-hydrogen) atoms. The SMILES string of the molecule is CC1CCN(C(=O)CN2CCN(c3cc(N(C)C)ncn3)CC2)CC1. The molecule has 1 aromatic rings. The molecule has 0 aromatic carbocycles. The van der Waals surface area contributed by atoms with E-state index in [1.165, 1.54) is 0 Å².